The predicted octanol–water partition coefficient (Wildman–Crippen LogP) is 22.7. The van der Waals surface area contributed by atoms with E-state index in [1.807, 2.05) is 0 Å². The number of furan rings is 2. The third-order valence-electron chi connectivity index (χ3n) is 21.6. The summed E-state index contributed by atoms with van der Waals surface area (Å²) in [6, 6.07) is 127. The van der Waals surface area contributed by atoms with Crippen molar-refractivity contribution in [2.24, 2.45) is 0 Å². The first-order valence-corrected chi connectivity index (χ1v) is 37.7. The highest BCUT2D eigenvalue weighted by molar-refractivity contribution is 8.34. The number of anilines is 6. The van der Waals surface area contributed by atoms with E-state index in [9.17, 15) is 0 Å². The maximum Gasteiger partial charge on any atom is 0.179 e. The van der Waals surface area contributed by atoms with E-state index in [-0.39, 0.29) is 0 Å². The fourth-order valence-electron chi connectivity index (χ4n) is 17.1. The zero-order valence-corrected chi connectivity index (χ0v) is 56.8. The molecule has 6 heteroatoms. The first kappa shape index (κ1) is 58.0. The lowest BCUT2D eigenvalue weighted by atomic mass is 9.72. The van der Waals surface area contributed by atoms with Crippen LogP contribution in [-0.2, 0) is 10.8 Å². The molecule has 15 aromatic carbocycles. The summed E-state index contributed by atoms with van der Waals surface area (Å²) in [5.74, 6) is 0. The average Bonchev–Trinajstić information content (AvgIpc) is 1.34. The summed E-state index contributed by atoms with van der Waals surface area (Å²) in [6.07, 6.45) is 0. The van der Waals surface area contributed by atoms with Gasteiger partial charge in [-0.05, 0) is 187 Å². The second-order valence-corrected chi connectivity index (χ2v) is 34.4. The van der Waals surface area contributed by atoms with Gasteiger partial charge in [0.25, 0.3) is 0 Å². The van der Waals surface area contributed by atoms with Crippen molar-refractivity contribution < 1.29 is 8.83 Å². The molecule has 0 unspecified atom stereocenters. The molecule has 0 fully saturated rings. The Morgan fingerprint density at radius 3 is 0.949 bits per heavy atom. The number of hydrogen-bond acceptors (Lipinski definition) is 4. The normalized spacial score (nSPS) is 14.2. The first-order chi connectivity index (χ1) is 48.1. The van der Waals surface area contributed by atoms with Gasteiger partial charge in [-0.1, -0.05) is 234 Å². The molecule has 0 saturated carbocycles. The molecule has 0 spiro atoms. The quantitative estimate of drug-likeness (QED) is 0.101. The summed E-state index contributed by atoms with van der Waals surface area (Å²) in [5.41, 5.74) is 14.0. The van der Waals surface area contributed by atoms with Crippen LogP contribution in [-0.4, -0.2) is 8.07 Å². The van der Waals surface area contributed by atoms with Crippen molar-refractivity contribution in [3.63, 3.8) is 0 Å². The van der Waals surface area contributed by atoms with E-state index in [0.717, 1.165) is 83.4 Å². The molecule has 0 amide bonds. The topological polar surface area (TPSA) is 32.8 Å². The minimum atomic E-state index is -2.80. The van der Waals surface area contributed by atoms with Crippen LogP contribution in [0.5, 0.6) is 0 Å². The molecule has 468 valence electrons. The molecular formula is C92H68N2O2SSi. The van der Waals surface area contributed by atoms with Crippen LogP contribution in [0.1, 0.15) is 49.9 Å². The molecule has 0 atom stereocenters. The molecule has 2 aliphatic rings. The zero-order chi connectivity index (χ0) is 65.5. The Hall–Kier alpha value is -11.4. The number of hydrogen-bond donors (Lipinski definition) is 0. The molecule has 4 heterocycles. The molecule has 17 aromatic rings. The van der Waals surface area contributed by atoms with Crippen molar-refractivity contribution in [2.75, 3.05) is 9.80 Å². The van der Waals surface area contributed by atoms with Gasteiger partial charge in [-0.3, -0.25) is 0 Å². The van der Waals surface area contributed by atoms with Crippen LogP contribution < -0.4 is 30.5 Å². The lowest BCUT2D eigenvalue weighted by Crippen LogP contribution is -2.74. The number of benzene rings is 15. The molecule has 0 radical (unpaired) electrons. The number of fused-ring (bicyclic) bond motifs is 14. The smallest absolute Gasteiger partial charge is 0.179 e. The van der Waals surface area contributed by atoms with Gasteiger partial charge in [-0.15, -0.1) is 10.0 Å². The van der Waals surface area contributed by atoms with Gasteiger partial charge >= 0.3 is 0 Å². The van der Waals surface area contributed by atoms with Gasteiger partial charge in [0.15, 0.2) is 8.07 Å². The van der Waals surface area contributed by atoms with Crippen LogP contribution >= 0.6 is 10.0 Å². The number of rotatable bonds is 10. The van der Waals surface area contributed by atoms with Crippen LogP contribution in [0.4, 0.5) is 34.1 Å². The average molecular weight is 1290 g/mol. The largest absolute Gasteiger partial charge is 0.456 e. The van der Waals surface area contributed by atoms with Crippen molar-refractivity contribution in [1.82, 2.24) is 0 Å². The summed E-state index contributed by atoms with van der Waals surface area (Å²) in [7, 11) is -4.71. The van der Waals surface area contributed by atoms with E-state index in [1.54, 1.807) is 0 Å². The summed E-state index contributed by atoms with van der Waals surface area (Å²) >= 11 is 0. The first-order valence-electron chi connectivity index (χ1n) is 34.0. The highest BCUT2D eigenvalue weighted by atomic mass is 32.3. The van der Waals surface area contributed by atoms with Gasteiger partial charge < -0.3 is 18.6 Å². The Kier molecular flexibility index (Phi) is 13.1. The standard InChI is InChI=1S/C92H68N2O2SSi/c1-91(2)79-55-61-27-23-25-29-63(61)57-83(79)93(65-43-47-70(48-44-65)97(67-31-11-5-12-32-67,68-33-13-6-14-34-68)69-35-15-7-16-36-69)81-53-51-75-77-59-86-78(60-85(77)95-89(75)87(81)91)76-52-54-82-88(90(76)96-86)92(3,4)80-56-62-28-24-26-30-64(62)58-84(80)94(82)66-45-49-74(50-46-66)98(71-37-17-8-18-38-71,72-39-19-9-20-40-72)73-41-21-10-22-42-73/h5-60H,1-4H3. The summed E-state index contributed by atoms with van der Waals surface area (Å²) < 4.78 is 14.9. The van der Waals surface area contributed by atoms with Gasteiger partial charge in [0.05, 0.1) is 22.7 Å². The summed E-state index contributed by atoms with van der Waals surface area (Å²) in [5, 5.41) is 14.4. The second-order valence-electron chi connectivity index (χ2n) is 27.5. The Labute approximate surface area is 573 Å². The minimum absolute atomic E-state index is 0.464. The predicted molar refractivity (Wildman–Crippen MR) is 413 cm³/mol. The van der Waals surface area contributed by atoms with Crippen molar-refractivity contribution >= 4 is 138 Å². The molecule has 0 bridgehead atoms. The van der Waals surface area contributed by atoms with E-state index >= 15 is 0 Å². The van der Waals surface area contributed by atoms with Gasteiger partial charge in [-0.2, -0.15) is 0 Å². The molecular weight excluding hydrogens is 1230 g/mol. The molecule has 0 N–H and O–H groups in total. The maximum absolute atomic E-state index is 7.48. The van der Waals surface area contributed by atoms with E-state index in [4.69, 9.17) is 8.83 Å². The lowest BCUT2D eigenvalue weighted by Gasteiger charge is -2.43. The van der Waals surface area contributed by atoms with Crippen LogP contribution in [0.15, 0.2) is 368 Å². The Bertz CT molecular complexity index is 5410. The Morgan fingerprint density at radius 2 is 0.582 bits per heavy atom. The lowest BCUT2D eigenvalue weighted by molar-refractivity contribution is 0.601. The summed E-state index contributed by atoms with van der Waals surface area (Å²) in [4.78, 5) is 10.1. The molecule has 19 rings (SSSR count). The third-order valence-corrected chi connectivity index (χ3v) is 30.3. The summed E-state index contributed by atoms with van der Waals surface area (Å²) in [6.45, 7) is 9.51. The van der Waals surface area contributed by atoms with E-state index in [1.165, 1.54) is 78.7 Å². The maximum atomic E-state index is 7.48. The molecule has 98 heavy (non-hydrogen) atoms. The Balaban J connectivity index is 0.773. The van der Waals surface area contributed by atoms with E-state index < -0.39 is 28.9 Å². The molecule has 0 saturated heterocycles. The van der Waals surface area contributed by atoms with Crippen LogP contribution in [0.25, 0.3) is 65.4 Å². The van der Waals surface area contributed by atoms with Crippen molar-refractivity contribution in [3.05, 3.63) is 362 Å². The van der Waals surface area contributed by atoms with Crippen LogP contribution in [0.3, 0.4) is 0 Å². The van der Waals surface area contributed by atoms with E-state index in [2.05, 4.69) is 377 Å². The minimum Gasteiger partial charge on any atom is -0.456 e. The molecule has 0 aliphatic carbocycles. The van der Waals surface area contributed by atoms with Crippen molar-refractivity contribution in [3.8, 4) is 0 Å². The third kappa shape index (κ3) is 8.44. The Morgan fingerprint density at radius 1 is 0.276 bits per heavy atom. The van der Waals surface area contributed by atoms with Gasteiger partial charge in [0.1, 0.15) is 22.3 Å². The second kappa shape index (κ2) is 22.1. The zero-order valence-electron chi connectivity index (χ0n) is 55.0. The SMILES string of the molecule is CC1(C)c2cc3ccccc3cc2N(c2ccc([Si](c3ccccc3)(c3ccccc3)c3ccccc3)cc2)c2ccc3c(oc4cc5c(cc43)oc3c4c(ccc35)N(c3ccc(S(c5ccccc5)(c5ccccc5)c5ccccc5)cc3)c3cc5ccccc5cc3C4(C)C)c21. The van der Waals surface area contributed by atoms with Crippen molar-refractivity contribution in [2.45, 2.75) is 58.1 Å². The van der Waals surface area contributed by atoms with Gasteiger partial charge in [0.2, 0.25) is 0 Å². The molecule has 2 aliphatic heterocycles. The molecule has 4 nitrogen and oxygen atoms in total. The number of nitrogens with zero attached hydrogens (tertiary/aromatic N) is 2. The fraction of sp³-hybridized carbons (Fsp3) is 0.0652. The highest BCUT2D eigenvalue weighted by Crippen LogP contribution is 2.73. The van der Waals surface area contributed by atoms with Gasteiger partial charge in [-0.25, -0.2) is 0 Å². The highest BCUT2D eigenvalue weighted by Gasteiger charge is 2.45. The van der Waals surface area contributed by atoms with Crippen LogP contribution in [0, 0.1) is 0 Å². The van der Waals surface area contributed by atoms with Gasteiger partial charge in [0, 0.05) is 74.5 Å². The van der Waals surface area contributed by atoms with E-state index in [0.29, 0.717) is 0 Å². The fourth-order valence-corrected chi connectivity index (χ4v) is 25.7. The monoisotopic (exact) mass is 1290 g/mol. The van der Waals surface area contributed by atoms with Crippen molar-refractivity contribution in [1.29, 1.82) is 0 Å². The molecule has 2 aromatic heterocycles. The van der Waals surface area contributed by atoms with Crippen LogP contribution in [0.2, 0.25) is 0 Å².